The van der Waals surface area contributed by atoms with Gasteiger partial charge in [0.25, 0.3) is 0 Å². The van der Waals surface area contributed by atoms with E-state index in [1.54, 1.807) is 24.1 Å². The molecule has 0 spiro atoms. The first-order valence-electron chi connectivity index (χ1n) is 8.48. The molecule has 26 heavy (non-hydrogen) atoms. The molecule has 6 heteroatoms. The number of anilines is 1. The van der Waals surface area contributed by atoms with Crippen molar-refractivity contribution in [1.82, 2.24) is 4.90 Å². The Morgan fingerprint density at radius 1 is 1.15 bits per heavy atom. The van der Waals surface area contributed by atoms with E-state index in [4.69, 9.17) is 4.74 Å². The lowest BCUT2D eigenvalue weighted by molar-refractivity contribution is -0.134. The van der Waals surface area contributed by atoms with Gasteiger partial charge < -0.3 is 15.0 Å². The van der Waals surface area contributed by atoms with Gasteiger partial charge in [0.05, 0.1) is 25.8 Å². The molecule has 0 aliphatic heterocycles. The minimum atomic E-state index is -0.245. The molecule has 138 valence electrons. The quantitative estimate of drug-likeness (QED) is 0.707. The molecule has 0 unspecified atom stereocenters. The van der Waals surface area contributed by atoms with Crippen LogP contribution in [0.2, 0.25) is 0 Å². The molecule has 0 radical (unpaired) electrons. The van der Waals surface area contributed by atoms with Gasteiger partial charge in [-0.15, -0.1) is 0 Å². The van der Waals surface area contributed by atoms with Gasteiger partial charge in [-0.05, 0) is 36.2 Å². The Morgan fingerprint density at radius 3 is 2.62 bits per heavy atom. The van der Waals surface area contributed by atoms with Gasteiger partial charge in [-0.1, -0.05) is 47.1 Å². The molecule has 2 aromatic carbocycles. The van der Waals surface area contributed by atoms with Gasteiger partial charge in [0.2, 0.25) is 11.8 Å². The molecule has 0 aliphatic rings. The number of halogens is 1. The van der Waals surface area contributed by atoms with E-state index in [0.29, 0.717) is 18.0 Å². The Morgan fingerprint density at radius 2 is 1.92 bits per heavy atom. The van der Waals surface area contributed by atoms with Gasteiger partial charge in [0, 0.05) is 11.0 Å². The molecule has 2 rings (SSSR count). The van der Waals surface area contributed by atoms with Crippen LogP contribution in [-0.2, 0) is 16.0 Å². The zero-order chi connectivity index (χ0) is 18.9. The molecule has 0 fully saturated rings. The third-order valence-corrected chi connectivity index (χ3v) is 4.30. The molecule has 0 heterocycles. The summed E-state index contributed by atoms with van der Waals surface area (Å²) in [4.78, 5) is 26.6. The maximum absolute atomic E-state index is 12.6. The minimum absolute atomic E-state index is 0.0126. The van der Waals surface area contributed by atoms with E-state index in [0.717, 1.165) is 16.5 Å². The fourth-order valence-corrected chi connectivity index (χ4v) is 3.05. The topological polar surface area (TPSA) is 58.6 Å². The highest BCUT2D eigenvalue weighted by atomic mass is 79.9. The molecule has 0 atom stereocenters. The molecular formula is C20H23BrN2O3. The van der Waals surface area contributed by atoms with E-state index < -0.39 is 0 Å². The first-order valence-corrected chi connectivity index (χ1v) is 9.28. The Kier molecular flexibility index (Phi) is 7.66. The van der Waals surface area contributed by atoms with Crippen molar-refractivity contribution >= 4 is 33.4 Å². The normalized spacial score (nSPS) is 10.3. The van der Waals surface area contributed by atoms with Crippen LogP contribution in [0.4, 0.5) is 5.69 Å². The van der Waals surface area contributed by atoms with Crippen LogP contribution in [-0.4, -0.2) is 36.9 Å². The zero-order valence-electron chi connectivity index (χ0n) is 15.0. The fraction of sp³-hybridized carbons (Fsp3) is 0.300. The van der Waals surface area contributed by atoms with E-state index in [-0.39, 0.29) is 24.8 Å². The van der Waals surface area contributed by atoms with Crippen LogP contribution in [0, 0.1) is 0 Å². The number of carbonyl (C=O) groups is 2. The van der Waals surface area contributed by atoms with Crippen LogP contribution >= 0.6 is 15.9 Å². The maximum atomic E-state index is 12.6. The highest BCUT2D eigenvalue weighted by molar-refractivity contribution is 9.10. The van der Waals surface area contributed by atoms with Crippen molar-refractivity contribution < 1.29 is 14.3 Å². The number of hydrogen-bond acceptors (Lipinski definition) is 3. The molecular weight excluding hydrogens is 396 g/mol. The number of para-hydroxylation sites is 2. The van der Waals surface area contributed by atoms with Crippen molar-refractivity contribution in [2.24, 2.45) is 0 Å². The Balaban J connectivity index is 2.02. The van der Waals surface area contributed by atoms with Crippen LogP contribution in [0.5, 0.6) is 5.75 Å². The lowest BCUT2D eigenvalue weighted by Crippen LogP contribution is -2.39. The second kappa shape index (κ2) is 9.97. The average Bonchev–Trinajstić information content (AvgIpc) is 2.61. The number of nitrogens with one attached hydrogen (secondary N) is 1. The molecule has 0 aromatic heterocycles. The van der Waals surface area contributed by atoms with E-state index in [1.807, 2.05) is 43.3 Å². The number of hydrogen-bond donors (Lipinski definition) is 1. The van der Waals surface area contributed by atoms with Gasteiger partial charge in [-0.2, -0.15) is 0 Å². The number of carbonyl (C=O) groups excluding carboxylic acids is 2. The Bertz CT molecular complexity index is 764. The lowest BCUT2D eigenvalue weighted by atomic mass is 10.1. The molecule has 0 saturated carbocycles. The van der Waals surface area contributed by atoms with Crippen LogP contribution in [0.25, 0.3) is 0 Å². The molecule has 2 amide bonds. The summed E-state index contributed by atoms with van der Waals surface area (Å²) in [6.45, 7) is 2.53. The molecule has 0 aliphatic carbocycles. The highest BCUT2D eigenvalue weighted by Gasteiger charge is 2.18. The fourth-order valence-electron chi connectivity index (χ4n) is 2.61. The van der Waals surface area contributed by atoms with Gasteiger partial charge in [0.15, 0.2) is 0 Å². The van der Waals surface area contributed by atoms with E-state index in [1.165, 1.54) is 0 Å². The highest BCUT2D eigenvalue weighted by Crippen LogP contribution is 2.23. The summed E-state index contributed by atoms with van der Waals surface area (Å²) in [6.07, 6.45) is 1.05. The number of benzene rings is 2. The van der Waals surface area contributed by atoms with E-state index in [2.05, 4.69) is 21.2 Å². The maximum Gasteiger partial charge on any atom is 0.244 e. The van der Waals surface area contributed by atoms with Crippen LogP contribution in [0.1, 0.15) is 18.9 Å². The third kappa shape index (κ3) is 5.88. The summed E-state index contributed by atoms with van der Waals surface area (Å²) >= 11 is 3.41. The van der Waals surface area contributed by atoms with Gasteiger partial charge in [-0.3, -0.25) is 9.59 Å². The molecule has 0 saturated heterocycles. The number of ether oxygens (including phenoxy) is 1. The minimum Gasteiger partial charge on any atom is -0.495 e. The van der Waals surface area contributed by atoms with Crippen molar-refractivity contribution in [1.29, 1.82) is 0 Å². The smallest absolute Gasteiger partial charge is 0.244 e. The molecule has 1 N–H and O–H groups in total. The summed E-state index contributed by atoms with van der Waals surface area (Å²) < 4.78 is 6.17. The van der Waals surface area contributed by atoms with Gasteiger partial charge in [0.1, 0.15) is 5.75 Å². The standard InChI is InChI=1S/C20H23BrN2O3/c1-3-11-23(20(25)13-15-7-6-8-16(21)12-15)14-19(24)22-17-9-4-5-10-18(17)26-2/h4-10,12H,3,11,13-14H2,1-2H3,(H,22,24). The summed E-state index contributed by atoms with van der Waals surface area (Å²) in [5.41, 5.74) is 1.51. The largest absolute Gasteiger partial charge is 0.495 e. The Labute approximate surface area is 162 Å². The van der Waals surface area contributed by atoms with Crippen LogP contribution in [0.3, 0.4) is 0 Å². The SMILES string of the molecule is CCCN(CC(=O)Nc1ccccc1OC)C(=O)Cc1cccc(Br)c1. The number of amides is 2. The van der Waals surface area contributed by atoms with Crippen molar-refractivity contribution in [3.8, 4) is 5.75 Å². The number of methoxy groups -OCH3 is 1. The molecule has 0 bridgehead atoms. The number of nitrogens with zero attached hydrogens (tertiary/aromatic N) is 1. The third-order valence-electron chi connectivity index (χ3n) is 3.81. The second-order valence-corrected chi connectivity index (χ2v) is 6.79. The predicted molar refractivity (Wildman–Crippen MR) is 106 cm³/mol. The van der Waals surface area contributed by atoms with Crippen LogP contribution in [0.15, 0.2) is 53.0 Å². The van der Waals surface area contributed by atoms with Crippen LogP contribution < -0.4 is 10.1 Å². The summed E-state index contributed by atoms with van der Waals surface area (Å²) in [6, 6.07) is 14.8. The van der Waals surface area contributed by atoms with Gasteiger partial charge in [-0.25, -0.2) is 0 Å². The van der Waals surface area contributed by atoms with E-state index >= 15 is 0 Å². The predicted octanol–water partition coefficient (Wildman–Crippen LogP) is 3.88. The zero-order valence-corrected chi connectivity index (χ0v) is 16.6. The lowest BCUT2D eigenvalue weighted by Gasteiger charge is -2.22. The average molecular weight is 419 g/mol. The summed E-state index contributed by atoms with van der Waals surface area (Å²) in [5, 5.41) is 2.81. The Hall–Kier alpha value is -2.34. The first-order chi connectivity index (χ1) is 12.5. The van der Waals surface area contributed by atoms with Crippen molar-refractivity contribution in [3.63, 3.8) is 0 Å². The molecule has 5 nitrogen and oxygen atoms in total. The second-order valence-electron chi connectivity index (χ2n) is 5.87. The summed E-state index contributed by atoms with van der Waals surface area (Å²) in [7, 11) is 1.55. The van der Waals surface area contributed by atoms with E-state index in [9.17, 15) is 9.59 Å². The first kappa shape index (κ1) is 20.0. The summed E-state index contributed by atoms with van der Waals surface area (Å²) in [5.74, 6) is 0.272. The van der Waals surface area contributed by atoms with Gasteiger partial charge >= 0.3 is 0 Å². The monoisotopic (exact) mass is 418 g/mol. The van der Waals surface area contributed by atoms with Crippen molar-refractivity contribution in [2.75, 3.05) is 25.5 Å². The van der Waals surface area contributed by atoms with Crippen molar-refractivity contribution in [2.45, 2.75) is 19.8 Å². The number of rotatable bonds is 8. The molecule has 2 aromatic rings. The van der Waals surface area contributed by atoms with Crippen molar-refractivity contribution in [3.05, 3.63) is 58.6 Å².